The highest BCUT2D eigenvalue weighted by Crippen LogP contribution is 2.34. The molecule has 0 radical (unpaired) electrons. The van der Waals surface area contributed by atoms with E-state index in [0.717, 1.165) is 12.2 Å². The minimum atomic E-state index is -0.375. The lowest BCUT2D eigenvalue weighted by Crippen LogP contribution is -2.64. The van der Waals surface area contributed by atoms with Gasteiger partial charge in [-0.1, -0.05) is 6.07 Å². The molecule has 2 aliphatic heterocycles. The zero-order valence-corrected chi connectivity index (χ0v) is 17.1. The van der Waals surface area contributed by atoms with Gasteiger partial charge in [-0.25, -0.2) is 9.18 Å². The van der Waals surface area contributed by atoms with Gasteiger partial charge in [0.05, 0.1) is 19.2 Å². The number of hydrogen-bond donors (Lipinski definition) is 1. The molecule has 0 saturated carbocycles. The van der Waals surface area contributed by atoms with Gasteiger partial charge in [0.1, 0.15) is 11.6 Å². The van der Waals surface area contributed by atoms with Gasteiger partial charge in [-0.15, -0.1) is 0 Å². The first-order valence-electron chi connectivity index (χ1n) is 9.87. The van der Waals surface area contributed by atoms with E-state index in [1.807, 2.05) is 11.9 Å². The molecule has 0 aliphatic carbocycles. The fourth-order valence-corrected chi connectivity index (χ4v) is 4.19. The van der Waals surface area contributed by atoms with E-state index in [1.165, 1.54) is 12.1 Å². The summed E-state index contributed by atoms with van der Waals surface area (Å²) in [7, 11) is 3.50. The summed E-state index contributed by atoms with van der Waals surface area (Å²) in [5.74, 6) is 0.272. The fraction of sp³-hybridized carbons (Fsp3) is 0.364. The molecule has 3 amide bonds. The zero-order chi connectivity index (χ0) is 21.3. The molecule has 2 aromatic carbocycles. The number of urea groups is 1. The van der Waals surface area contributed by atoms with Crippen molar-refractivity contribution in [3.05, 3.63) is 54.3 Å². The summed E-state index contributed by atoms with van der Waals surface area (Å²) >= 11 is 0. The molecule has 1 atom stereocenters. The Hall–Kier alpha value is -3.13. The zero-order valence-electron chi connectivity index (χ0n) is 17.1. The predicted molar refractivity (Wildman–Crippen MR) is 112 cm³/mol. The van der Waals surface area contributed by atoms with Crippen molar-refractivity contribution in [2.45, 2.75) is 12.0 Å². The summed E-state index contributed by atoms with van der Waals surface area (Å²) in [6, 6.07) is 13.1. The van der Waals surface area contributed by atoms with E-state index in [0.29, 0.717) is 31.0 Å². The van der Waals surface area contributed by atoms with Gasteiger partial charge in [0.2, 0.25) is 5.91 Å². The molecule has 2 heterocycles. The van der Waals surface area contributed by atoms with Crippen LogP contribution in [0.25, 0.3) is 0 Å². The van der Waals surface area contributed by atoms with Crippen molar-refractivity contribution in [3.63, 3.8) is 0 Å². The van der Waals surface area contributed by atoms with Crippen LogP contribution in [0.2, 0.25) is 0 Å². The first-order valence-corrected chi connectivity index (χ1v) is 9.87. The summed E-state index contributed by atoms with van der Waals surface area (Å²) in [6.07, 6.45) is 0.735. The van der Waals surface area contributed by atoms with E-state index in [9.17, 15) is 14.0 Å². The number of amides is 3. The maximum atomic E-state index is 13.7. The number of benzene rings is 2. The Bertz CT molecular complexity index is 952. The molecule has 0 unspecified atom stereocenters. The highest BCUT2D eigenvalue weighted by atomic mass is 19.1. The Morgan fingerprint density at radius 2 is 1.93 bits per heavy atom. The smallest absolute Gasteiger partial charge is 0.321 e. The molecular weight excluding hydrogens is 387 g/mol. The number of piperazine rings is 1. The lowest BCUT2D eigenvalue weighted by molar-refractivity contribution is -0.123. The SMILES string of the molecule is COc1ccc(NC(=O)N2CC[C@]3(C2)CN(c2cccc(F)c2)C(=O)CN3C)cc1. The van der Waals surface area contributed by atoms with Crippen LogP contribution in [0.5, 0.6) is 5.75 Å². The van der Waals surface area contributed by atoms with Crippen LogP contribution < -0.4 is 15.0 Å². The lowest BCUT2D eigenvalue weighted by atomic mass is 9.92. The standard InChI is InChI=1S/C22H25FN4O3/c1-25-13-20(28)27(18-5-3-4-16(23)12-18)15-22(25)10-11-26(14-22)21(29)24-17-6-8-19(30-2)9-7-17/h3-9,12H,10-11,13-15H2,1-2H3,(H,24,29)/t22-/m0/s1. The molecule has 4 rings (SSSR count). The second kappa shape index (κ2) is 7.95. The number of nitrogens with one attached hydrogen (secondary N) is 1. The normalized spacial score (nSPS) is 21.9. The monoisotopic (exact) mass is 412 g/mol. The van der Waals surface area contributed by atoms with Gasteiger partial charge in [-0.2, -0.15) is 0 Å². The molecule has 2 aromatic rings. The van der Waals surface area contributed by atoms with Crippen LogP contribution >= 0.6 is 0 Å². The van der Waals surface area contributed by atoms with Gasteiger partial charge in [0.15, 0.2) is 0 Å². The van der Waals surface area contributed by atoms with Crippen LogP contribution in [0.4, 0.5) is 20.6 Å². The Kier molecular flexibility index (Phi) is 5.34. The number of halogens is 1. The van der Waals surface area contributed by atoms with Gasteiger partial charge in [-0.3, -0.25) is 9.69 Å². The third kappa shape index (κ3) is 3.82. The quantitative estimate of drug-likeness (QED) is 0.842. The maximum absolute atomic E-state index is 13.7. The van der Waals surface area contributed by atoms with Crippen molar-refractivity contribution in [3.8, 4) is 5.75 Å². The molecule has 7 nitrogen and oxygen atoms in total. The van der Waals surface area contributed by atoms with Crippen molar-refractivity contribution in [1.29, 1.82) is 0 Å². The Morgan fingerprint density at radius 1 is 1.17 bits per heavy atom. The second-order valence-electron chi connectivity index (χ2n) is 7.87. The van der Waals surface area contributed by atoms with E-state index >= 15 is 0 Å². The molecule has 1 N–H and O–H groups in total. The second-order valence-corrected chi connectivity index (χ2v) is 7.87. The number of rotatable bonds is 3. The number of likely N-dealkylation sites (N-methyl/N-ethyl adjacent to an activating group) is 1. The van der Waals surface area contributed by atoms with E-state index in [4.69, 9.17) is 4.74 Å². The van der Waals surface area contributed by atoms with Gasteiger partial charge in [0.25, 0.3) is 0 Å². The van der Waals surface area contributed by atoms with E-state index in [1.54, 1.807) is 53.3 Å². The van der Waals surface area contributed by atoms with Crippen molar-refractivity contribution < 1.29 is 18.7 Å². The van der Waals surface area contributed by atoms with Crippen LogP contribution in [-0.4, -0.2) is 67.6 Å². The van der Waals surface area contributed by atoms with Crippen LogP contribution in [0.3, 0.4) is 0 Å². The van der Waals surface area contributed by atoms with E-state index < -0.39 is 0 Å². The lowest BCUT2D eigenvalue weighted by Gasteiger charge is -2.46. The molecule has 2 aliphatic rings. The average Bonchev–Trinajstić information content (AvgIpc) is 3.17. The Morgan fingerprint density at radius 3 is 2.63 bits per heavy atom. The Balaban J connectivity index is 1.47. The average molecular weight is 412 g/mol. The molecule has 1 spiro atoms. The van der Waals surface area contributed by atoms with Crippen molar-refractivity contribution in [2.75, 3.05) is 50.6 Å². The number of carbonyl (C=O) groups excluding carboxylic acids is 2. The Labute approximate surface area is 175 Å². The molecule has 158 valence electrons. The third-order valence-corrected chi connectivity index (χ3v) is 6.02. The van der Waals surface area contributed by atoms with Crippen molar-refractivity contribution in [1.82, 2.24) is 9.80 Å². The van der Waals surface area contributed by atoms with Gasteiger partial charge < -0.3 is 19.9 Å². The number of anilines is 2. The minimum Gasteiger partial charge on any atom is -0.497 e. The number of ether oxygens (including phenoxy) is 1. The van der Waals surface area contributed by atoms with Gasteiger partial charge in [0, 0.05) is 31.0 Å². The number of carbonyl (C=O) groups is 2. The molecular formula is C22H25FN4O3. The highest BCUT2D eigenvalue weighted by Gasteiger charge is 2.48. The summed E-state index contributed by atoms with van der Waals surface area (Å²) in [5, 5.41) is 2.91. The van der Waals surface area contributed by atoms with Gasteiger partial charge >= 0.3 is 6.03 Å². The molecule has 0 aromatic heterocycles. The molecule has 2 saturated heterocycles. The van der Waals surface area contributed by atoms with Crippen molar-refractivity contribution in [2.24, 2.45) is 0 Å². The summed E-state index contributed by atoms with van der Waals surface area (Å²) in [4.78, 5) is 30.8. The van der Waals surface area contributed by atoms with Crippen molar-refractivity contribution >= 4 is 23.3 Å². The van der Waals surface area contributed by atoms with E-state index in [2.05, 4.69) is 5.32 Å². The number of hydrogen-bond acceptors (Lipinski definition) is 4. The summed E-state index contributed by atoms with van der Waals surface area (Å²) in [6.45, 7) is 1.71. The van der Waals surface area contributed by atoms with Crippen LogP contribution in [0, 0.1) is 5.82 Å². The molecule has 2 fully saturated rings. The number of nitrogens with zero attached hydrogens (tertiary/aromatic N) is 3. The highest BCUT2D eigenvalue weighted by molar-refractivity contribution is 5.96. The van der Waals surface area contributed by atoms with E-state index in [-0.39, 0.29) is 29.8 Å². The molecule has 0 bridgehead atoms. The third-order valence-electron chi connectivity index (χ3n) is 6.02. The van der Waals surface area contributed by atoms with Crippen LogP contribution in [0.15, 0.2) is 48.5 Å². The minimum absolute atomic E-state index is 0.0742. The predicted octanol–water partition coefficient (Wildman–Crippen LogP) is 2.79. The number of likely N-dealkylation sites (tertiary alicyclic amines) is 1. The van der Waals surface area contributed by atoms with Crippen LogP contribution in [-0.2, 0) is 4.79 Å². The summed E-state index contributed by atoms with van der Waals surface area (Å²) < 4.78 is 18.8. The fourth-order valence-electron chi connectivity index (χ4n) is 4.19. The number of methoxy groups -OCH3 is 1. The van der Waals surface area contributed by atoms with Crippen LogP contribution in [0.1, 0.15) is 6.42 Å². The first kappa shape index (κ1) is 20.2. The van der Waals surface area contributed by atoms with Gasteiger partial charge in [-0.05, 0) is 55.9 Å². The molecule has 8 heteroatoms. The largest absolute Gasteiger partial charge is 0.497 e. The maximum Gasteiger partial charge on any atom is 0.321 e. The molecule has 30 heavy (non-hydrogen) atoms. The topological polar surface area (TPSA) is 65.1 Å². The first-order chi connectivity index (χ1) is 14.4. The summed E-state index contributed by atoms with van der Waals surface area (Å²) in [5.41, 5.74) is 0.876.